The predicted molar refractivity (Wildman–Crippen MR) is 69.1 cm³/mol. The molecule has 0 amide bonds. The van der Waals surface area contributed by atoms with Gasteiger partial charge in [-0.25, -0.2) is 0 Å². The molecule has 5 aliphatic rings. The van der Waals surface area contributed by atoms with E-state index in [-0.39, 0.29) is 0 Å². The van der Waals surface area contributed by atoms with Crippen LogP contribution in [0.5, 0.6) is 0 Å². The van der Waals surface area contributed by atoms with E-state index in [0.717, 1.165) is 24.3 Å². The largest absolute Gasteiger partial charge is 0.389 e. The van der Waals surface area contributed by atoms with Crippen LogP contribution in [0.4, 0.5) is 0 Å². The average molecular weight is 251 g/mol. The highest BCUT2D eigenvalue weighted by molar-refractivity contribution is 5.03. The van der Waals surface area contributed by atoms with Crippen LogP contribution in [0.2, 0.25) is 0 Å². The first-order valence-corrected chi connectivity index (χ1v) is 7.70. The molecule has 0 spiro atoms. The smallest absolute Gasteiger partial charge is 0.0938 e. The van der Waals surface area contributed by atoms with Crippen molar-refractivity contribution in [1.29, 1.82) is 0 Å². The summed E-state index contributed by atoms with van der Waals surface area (Å²) in [5.74, 6) is 2.98. The minimum atomic E-state index is -0.515. The molecule has 4 saturated carbocycles. The number of likely N-dealkylation sites (tertiary alicyclic amines) is 1. The van der Waals surface area contributed by atoms with Gasteiger partial charge in [0.2, 0.25) is 0 Å². The zero-order valence-corrected chi connectivity index (χ0v) is 11.1. The number of aliphatic hydroxyl groups is 2. The van der Waals surface area contributed by atoms with Gasteiger partial charge in [-0.3, -0.25) is 4.90 Å². The fourth-order valence-electron chi connectivity index (χ4n) is 5.93. The number of hydrogen-bond donors (Lipinski definition) is 2. The van der Waals surface area contributed by atoms with Crippen molar-refractivity contribution in [3.63, 3.8) is 0 Å². The van der Waals surface area contributed by atoms with Gasteiger partial charge in [-0.05, 0) is 61.7 Å². The van der Waals surface area contributed by atoms with E-state index in [9.17, 15) is 10.2 Å². The minimum Gasteiger partial charge on any atom is -0.389 e. The first-order valence-electron chi connectivity index (χ1n) is 7.70. The van der Waals surface area contributed by atoms with Gasteiger partial charge in [0.05, 0.1) is 12.2 Å². The van der Waals surface area contributed by atoms with E-state index in [2.05, 4.69) is 4.90 Å². The first-order chi connectivity index (χ1) is 8.62. The molecule has 1 heterocycles. The molecule has 3 nitrogen and oxygen atoms in total. The molecule has 4 aliphatic carbocycles. The number of rotatable bonds is 2. The van der Waals surface area contributed by atoms with Crippen LogP contribution in [0.1, 0.15) is 38.5 Å². The van der Waals surface area contributed by atoms with Crippen molar-refractivity contribution in [2.45, 2.75) is 50.7 Å². The van der Waals surface area contributed by atoms with E-state index < -0.39 is 12.2 Å². The molecule has 1 saturated heterocycles. The molecule has 0 radical (unpaired) electrons. The molecule has 2 N–H and O–H groups in total. The number of hydrogen-bond acceptors (Lipinski definition) is 3. The normalized spacial score (nSPS) is 55.3. The minimum absolute atomic E-state index is 0.515. The number of β-amino-alcohol motifs (C(OH)–C–C–N with tert-alkyl or cyclic N) is 2. The standard InChI is InChI=1S/C15H25NO2/c17-13-7-16(8-14(13)18)9-15-4-10-1-11(5-15)3-12(2-10)6-15/h10-14,17-18H,1-9H2. The van der Waals surface area contributed by atoms with Crippen molar-refractivity contribution in [2.75, 3.05) is 19.6 Å². The van der Waals surface area contributed by atoms with Crippen molar-refractivity contribution in [2.24, 2.45) is 23.2 Å². The van der Waals surface area contributed by atoms with Gasteiger partial charge in [-0.2, -0.15) is 0 Å². The van der Waals surface area contributed by atoms with Crippen molar-refractivity contribution >= 4 is 0 Å². The molecule has 0 aromatic rings. The molecule has 3 heteroatoms. The second-order valence-corrected chi connectivity index (χ2v) is 7.75. The van der Waals surface area contributed by atoms with E-state index in [0.29, 0.717) is 18.5 Å². The summed E-state index contributed by atoms with van der Waals surface area (Å²) in [6.45, 7) is 2.50. The highest BCUT2D eigenvalue weighted by Crippen LogP contribution is 2.60. The molecule has 2 atom stereocenters. The lowest BCUT2D eigenvalue weighted by Gasteiger charge is -2.57. The van der Waals surface area contributed by atoms with Crippen molar-refractivity contribution in [3.05, 3.63) is 0 Å². The average Bonchev–Trinajstić information content (AvgIpc) is 2.54. The van der Waals surface area contributed by atoms with Crippen LogP contribution in [-0.2, 0) is 0 Å². The first kappa shape index (κ1) is 11.7. The lowest BCUT2D eigenvalue weighted by molar-refractivity contribution is -0.0677. The van der Waals surface area contributed by atoms with Gasteiger partial charge < -0.3 is 10.2 Å². The summed E-state index contributed by atoms with van der Waals surface area (Å²) in [7, 11) is 0. The third-order valence-corrected chi connectivity index (χ3v) is 6.06. The van der Waals surface area contributed by atoms with Crippen LogP contribution in [0.15, 0.2) is 0 Å². The van der Waals surface area contributed by atoms with Gasteiger partial charge >= 0.3 is 0 Å². The van der Waals surface area contributed by atoms with Crippen LogP contribution in [0, 0.1) is 23.2 Å². The van der Waals surface area contributed by atoms with Crippen LogP contribution in [-0.4, -0.2) is 47.0 Å². The van der Waals surface area contributed by atoms with E-state index in [1.807, 2.05) is 0 Å². The van der Waals surface area contributed by atoms with E-state index in [1.165, 1.54) is 38.5 Å². The molecule has 0 aromatic heterocycles. The van der Waals surface area contributed by atoms with Gasteiger partial charge in [-0.1, -0.05) is 0 Å². The Kier molecular flexibility index (Phi) is 2.56. The summed E-state index contributed by atoms with van der Waals surface area (Å²) in [6.07, 6.45) is 7.70. The third-order valence-electron chi connectivity index (χ3n) is 6.06. The molecular formula is C15H25NO2. The van der Waals surface area contributed by atoms with Gasteiger partial charge in [0, 0.05) is 19.6 Å². The molecule has 4 bridgehead atoms. The molecule has 5 rings (SSSR count). The molecule has 18 heavy (non-hydrogen) atoms. The Morgan fingerprint density at radius 2 is 1.28 bits per heavy atom. The zero-order valence-electron chi connectivity index (χ0n) is 11.1. The predicted octanol–water partition coefficient (Wildman–Crippen LogP) is 1.24. The number of nitrogens with zero attached hydrogens (tertiary/aromatic N) is 1. The second-order valence-electron chi connectivity index (χ2n) is 7.75. The van der Waals surface area contributed by atoms with Gasteiger partial charge in [0.25, 0.3) is 0 Å². The summed E-state index contributed by atoms with van der Waals surface area (Å²) >= 11 is 0. The van der Waals surface area contributed by atoms with Crippen LogP contribution < -0.4 is 0 Å². The molecule has 1 aliphatic heterocycles. The van der Waals surface area contributed by atoms with E-state index in [1.54, 1.807) is 0 Å². The SMILES string of the molecule is OC1CN(CC23CC4CC(CC(C4)C2)C3)CC1O. The Labute approximate surface area is 109 Å². The molecule has 0 aromatic carbocycles. The Hall–Kier alpha value is -0.120. The lowest BCUT2D eigenvalue weighted by Crippen LogP contribution is -2.51. The lowest BCUT2D eigenvalue weighted by atomic mass is 9.49. The van der Waals surface area contributed by atoms with Gasteiger partial charge in [0.1, 0.15) is 0 Å². The Morgan fingerprint density at radius 3 is 1.72 bits per heavy atom. The van der Waals surface area contributed by atoms with Crippen molar-refractivity contribution in [1.82, 2.24) is 4.90 Å². The van der Waals surface area contributed by atoms with Crippen LogP contribution in [0.3, 0.4) is 0 Å². The number of aliphatic hydroxyl groups excluding tert-OH is 2. The van der Waals surface area contributed by atoms with Gasteiger partial charge in [0.15, 0.2) is 0 Å². The fourth-order valence-corrected chi connectivity index (χ4v) is 5.93. The highest BCUT2D eigenvalue weighted by atomic mass is 16.3. The summed E-state index contributed by atoms with van der Waals surface area (Å²) in [6, 6.07) is 0. The Balaban J connectivity index is 1.48. The molecule has 5 fully saturated rings. The quantitative estimate of drug-likeness (QED) is 0.776. The van der Waals surface area contributed by atoms with E-state index in [4.69, 9.17) is 0 Å². The third kappa shape index (κ3) is 1.83. The van der Waals surface area contributed by atoms with Crippen molar-refractivity contribution < 1.29 is 10.2 Å². The second kappa shape index (κ2) is 3.94. The molecule has 2 unspecified atom stereocenters. The maximum absolute atomic E-state index is 9.69. The van der Waals surface area contributed by atoms with E-state index >= 15 is 0 Å². The van der Waals surface area contributed by atoms with Gasteiger partial charge in [-0.15, -0.1) is 0 Å². The molecular weight excluding hydrogens is 226 g/mol. The molecule has 102 valence electrons. The summed E-state index contributed by atoms with van der Waals surface area (Å²) in [4.78, 5) is 2.32. The maximum atomic E-state index is 9.69. The summed E-state index contributed by atoms with van der Waals surface area (Å²) < 4.78 is 0. The monoisotopic (exact) mass is 251 g/mol. The summed E-state index contributed by atoms with van der Waals surface area (Å²) in [5.41, 5.74) is 0.540. The van der Waals surface area contributed by atoms with Crippen LogP contribution >= 0.6 is 0 Å². The topological polar surface area (TPSA) is 43.7 Å². The fraction of sp³-hybridized carbons (Fsp3) is 1.00. The Morgan fingerprint density at radius 1 is 0.833 bits per heavy atom. The summed E-state index contributed by atoms with van der Waals surface area (Å²) in [5, 5.41) is 19.4. The van der Waals surface area contributed by atoms with Crippen LogP contribution in [0.25, 0.3) is 0 Å². The zero-order chi connectivity index (χ0) is 12.3. The van der Waals surface area contributed by atoms with Crippen molar-refractivity contribution in [3.8, 4) is 0 Å². The maximum Gasteiger partial charge on any atom is 0.0938 e. The Bertz CT molecular complexity index is 298. The highest BCUT2D eigenvalue weighted by Gasteiger charge is 2.51.